The van der Waals surface area contributed by atoms with Crippen LogP contribution in [0.15, 0.2) is 75.3 Å². The molecule has 1 saturated heterocycles. The largest absolute Gasteiger partial charge is 0.494 e. The molecule has 0 spiro atoms. The quantitative estimate of drug-likeness (QED) is 0.407. The second-order valence-corrected chi connectivity index (χ2v) is 8.64. The van der Waals surface area contributed by atoms with Crippen LogP contribution in [0.5, 0.6) is 5.88 Å². The summed E-state index contributed by atoms with van der Waals surface area (Å²) in [6.07, 6.45) is 4.84. The number of anilines is 1. The van der Waals surface area contributed by atoms with Gasteiger partial charge in [0.15, 0.2) is 0 Å². The van der Waals surface area contributed by atoms with E-state index in [2.05, 4.69) is 46.2 Å². The van der Waals surface area contributed by atoms with Gasteiger partial charge < -0.3 is 19.7 Å². The molecule has 168 valence electrons. The van der Waals surface area contributed by atoms with Gasteiger partial charge in [-0.3, -0.25) is 14.8 Å². The van der Waals surface area contributed by atoms with Crippen LogP contribution in [0.3, 0.4) is 0 Å². The van der Waals surface area contributed by atoms with Crippen molar-refractivity contribution in [1.82, 2.24) is 10.3 Å². The predicted molar refractivity (Wildman–Crippen MR) is 132 cm³/mol. The molecule has 0 unspecified atom stereocenters. The van der Waals surface area contributed by atoms with Gasteiger partial charge in [-0.2, -0.15) is 0 Å². The van der Waals surface area contributed by atoms with Gasteiger partial charge in [0.2, 0.25) is 5.88 Å². The third-order valence-electron chi connectivity index (χ3n) is 6.01. The van der Waals surface area contributed by atoms with E-state index in [0.717, 1.165) is 35.6 Å². The summed E-state index contributed by atoms with van der Waals surface area (Å²) in [6, 6.07) is 16.3. The number of aliphatic imine (C=N–C) groups is 1. The molecule has 33 heavy (non-hydrogen) atoms. The number of benzene rings is 2. The Morgan fingerprint density at radius 3 is 2.48 bits per heavy atom. The van der Waals surface area contributed by atoms with Crippen LogP contribution in [0.1, 0.15) is 19.4 Å². The van der Waals surface area contributed by atoms with E-state index in [1.807, 2.05) is 30.3 Å². The smallest absolute Gasteiger partial charge is 0.258 e. The first-order valence-electron chi connectivity index (χ1n) is 11.0. The van der Waals surface area contributed by atoms with Crippen molar-refractivity contribution < 1.29 is 9.52 Å². The molecule has 3 heterocycles. The number of aromatic hydroxyl groups is 1. The molecule has 7 heteroatoms. The van der Waals surface area contributed by atoms with Crippen LogP contribution in [-0.4, -0.2) is 41.5 Å². The second-order valence-electron chi connectivity index (χ2n) is 8.64. The molecule has 1 aliphatic heterocycles. The fraction of sp³-hybridized carbons (Fsp3) is 0.231. The molecule has 2 aromatic carbocycles. The minimum atomic E-state index is -0.345. The van der Waals surface area contributed by atoms with Crippen LogP contribution in [0.25, 0.3) is 21.9 Å². The van der Waals surface area contributed by atoms with E-state index >= 15 is 0 Å². The lowest BCUT2D eigenvalue weighted by Crippen LogP contribution is -2.54. The fourth-order valence-corrected chi connectivity index (χ4v) is 4.50. The van der Waals surface area contributed by atoms with Crippen molar-refractivity contribution in [2.45, 2.75) is 25.9 Å². The molecule has 5 rings (SSSR count). The first-order valence-corrected chi connectivity index (χ1v) is 11.0. The summed E-state index contributed by atoms with van der Waals surface area (Å²) in [5.74, 6) is -0.207. The number of nitrogens with zero attached hydrogens (tertiary/aromatic N) is 2. The number of furan rings is 1. The van der Waals surface area contributed by atoms with Crippen LogP contribution in [0.4, 0.5) is 11.4 Å². The van der Waals surface area contributed by atoms with Crippen molar-refractivity contribution in [3.05, 3.63) is 77.0 Å². The lowest BCUT2D eigenvalue weighted by Gasteiger charge is -2.37. The minimum Gasteiger partial charge on any atom is -0.494 e. The molecular formula is C26H26N4O3. The summed E-state index contributed by atoms with van der Waals surface area (Å²) in [5.41, 5.74) is 3.83. The van der Waals surface area contributed by atoms with Crippen LogP contribution in [0, 0.1) is 0 Å². The lowest BCUT2D eigenvalue weighted by atomic mass is 10.0. The summed E-state index contributed by atoms with van der Waals surface area (Å²) in [4.78, 5) is 21.8. The number of aromatic nitrogens is 1. The van der Waals surface area contributed by atoms with Crippen molar-refractivity contribution in [3.63, 3.8) is 0 Å². The van der Waals surface area contributed by atoms with Gasteiger partial charge in [-0.1, -0.05) is 6.07 Å². The lowest BCUT2D eigenvalue weighted by molar-refractivity contribution is 0.407. The summed E-state index contributed by atoms with van der Waals surface area (Å²) in [6.45, 7) is 6.31. The Morgan fingerprint density at radius 1 is 1.03 bits per heavy atom. The molecule has 4 aromatic rings. The molecule has 0 saturated carbocycles. The van der Waals surface area contributed by atoms with Crippen molar-refractivity contribution in [2.24, 2.45) is 4.99 Å². The Balaban J connectivity index is 1.46. The molecule has 0 amide bonds. The fourth-order valence-electron chi connectivity index (χ4n) is 4.50. The number of H-pyrrole nitrogens is 1. The summed E-state index contributed by atoms with van der Waals surface area (Å²) >= 11 is 0. The highest BCUT2D eigenvalue weighted by molar-refractivity contribution is 6.03. The maximum Gasteiger partial charge on any atom is 0.258 e. The first kappa shape index (κ1) is 21.0. The number of fused-ring (bicyclic) bond motifs is 1. The molecule has 2 aromatic heterocycles. The zero-order valence-corrected chi connectivity index (χ0v) is 18.6. The topological polar surface area (TPSA) is 93.9 Å². The Labute approximate surface area is 191 Å². The third kappa shape index (κ3) is 4.27. The zero-order valence-electron chi connectivity index (χ0n) is 18.6. The number of piperazine rings is 1. The Kier molecular flexibility index (Phi) is 5.48. The molecular weight excluding hydrogens is 416 g/mol. The number of rotatable bonds is 4. The standard InChI is InChI=1S/C26H26N4O3/c1-16-13-30(14-17(2)28-16)21-6-4-20(5-7-21)27-12-24-23-11-18(19-9-10-33-15-19)3-8-22(23)25(31)29-26(24)32/h3-12,15-17,28H,13-14H2,1-2H3,(H2,29,31,32)/t16-,17+. The molecule has 0 aliphatic carbocycles. The summed E-state index contributed by atoms with van der Waals surface area (Å²) in [5, 5.41) is 15.1. The first-order chi connectivity index (χ1) is 16.0. The average molecular weight is 443 g/mol. The normalized spacial score (nSPS) is 18.9. The van der Waals surface area contributed by atoms with Gasteiger partial charge in [-0.25, -0.2) is 0 Å². The molecule has 7 nitrogen and oxygen atoms in total. The highest BCUT2D eigenvalue weighted by Gasteiger charge is 2.21. The maximum atomic E-state index is 12.4. The van der Waals surface area contributed by atoms with E-state index < -0.39 is 0 Å². The summed E-state index contributed by atoms with van der Waals surface area (Å²) in [7, 11) is 0. The Morgan fingerprint density at radius 2 is 1.79 bits per heavy atom. The highest BCUT2D eigenvalue weighted by atomic mass is 16.3. The Hall–Kier alpha value is -3.84. The van der Waals surface area contributed by atoms with E-state index in [-0.39, 0.29) is 11.4 Å². The van der Waals surface area contributed by atoms with Crippen LogP contribution in [-0.2, 0) is 0 Å². The summed E-state index contributed by atoms with van der Waals surface area (Å²) < 4.78 is 5.18. The van der Waals surface area contributed by atoms with Crippen LogP contribution < -0.4 is 15.8 Å². The second kappa shape index (κ2) is 8.60. The van der Waals surface area contributed by atoms with Crippen molar-refractivity contribution in [2.75, 3.05) is 18.0 Å². The molecule has 1 fully saturated rings. The van der Waals surface area contributed by atoms with Gasteiger partial charge in [-0.15, -0.1) is 0 Å². The van der Waals surface area contributed by atoms with Crippen LogP contribution >= 0.6 is 0 Å². The molecule has 1 aliphatic rings. The average Bonchev–Trinajstić information content (AvgIpc) is 3.33. The molecule has 0 radical (unpaired) electrons. The van der Waals surface area contributed by atoms with Gasteiger partial charge in [0, 0.05) is 53.4 Å². The highest BCUT2D eigenvalue weighted by Crippen LogP contribution is 2.28. The number of pyridine rings is 1. The number of aromatic amines is 1. The van der Waals surface area contributed by atoms with Crippen molar-refractivity contribution >= 4 is 28.4 Å². The molecule has 2 atom stereocenters. The number of hydrogen-bond acceptors (Lipinski definition) is 6. The monoisotopic (exact) mass is 442 g/mol. The van der Waals surface area contributed by atoms with Gasteiger partial charge in [0.1, 0.15) is 0 Å². The van der Waals surface area contributed by atoms with E-state index in [1.165, 1.54) is 0 Å². The number of hydrogen-bond donors (Lipinski definition) is 3. The number of nitrogens with one attached hydrogen (secondary N) is 2. The minimum absolute atomic E-state index is 0.207. The van der Waals surface area contributed by atoms with E-state index in [4.69, 9.17) is 4.42 Å². The molecule has 0 bridgehead atoms. The van der Waals surface area contributed by atoms with Gasteiger partial charge in [0.05, 0.1) is 23.8 Å². The Bertz CT molecular complexity index is 1350. The van der Waals surface area contributed by atoms with E-state index in [0.29, 0.717) is 28.4 Å². The maximum absolute atomic E-state index is 12.4. The SMILES string of the molecule is C[C@@H]1CN(c2ccc(N=Cc3c(O)[nH]c(=O)c4ccc(-c5ccoc5)cc34)cc2)C[C@H](C)N1. The van der Waals surface area contributed by atoms with E-state index in [9.17, 15) is 9.90 Å². The molecule has 3 N–H and O–H groups in total. The van der Waals surface area contributed by atoms with Gasteiger partial charge in [0.25, 0.3) is 5.56 Å². The van der Waals surface area contributed by atoms with Crippen LogP contribution in [0.2, 0.25) is 0 Å². The van der Waals surface area contributed by atoms with Crippen molar-refractivity contribution in [1.29, 1.82) is 0 Å². The zero-order chi connectivity index (χ0) is 22.9. The van der Waals surface area contributed by atoms with Crippen molar-refractivity contribution in [3.8, 4) is 17.0 Å². The van der Waals surface area contributed by atoms with Gasteiger partial charge >= 0.3 is 0 Å². The van der Waals surface area contributed by atoms with E-state index in [1.54, 1.807) is 24.8 Å². The predicted octanol–water partition coefficient (Wildman–Crippen LogP) is 4.43. The third-order valence-corrected chi connectivity index (χ3v) is 6.01. The van der Waals surface area contributed by atoms with Gasteiger partial charge in [-0.05, 0) is 61.9 Å².